The highest BCUT2D eigenvalue weighted by atomic mass is 16.5. The van der Waals surface area contributed by atoms with Crippen molar-refractivity contribution in [2.75, 3.05) is 20.3 Å². The van der Waals surface area contributed by atoms with Gasteiger partial charge in [0.2, 0.25) is 0 Å². The lowest BCUT2D eigenvalue weighted by atomic mass is 10.2. The number of aliphatic hydroxyl groups is 1. The van der Waals surface area contributed by atoms with E-state index in [1.54, 1.807) is 12.1 Å². The van der Waals surface area contributed by atoms with Crippen LogP contribution in [0.4, 0.5) is 0 Å². The largest absolute Gasteiger partial charge is 0.389 e. The third-order valence-electron chi connectivity index (χ3n) is 3.22. The molecule has 2 rings (SSSR count). The fourth-order valence-electron chi connectivity index (χ4n) is 2.03. The Morgan fingerprint density at radius 1 is 1.55 bits per heavy atom. The number of hydrogen-bond acceptors (Lipinski definition) is 4. The van der Waals surface area contributed by atoms with Gasteiger partial charge in [0, 0.05) is 26.3 Å². The Labute approximate surface area is 117 Å². The van der Waals surface area contributed by atoms with Crippen LogP contribution in [0.5, 0.6) is 0 Å². The minimum absolute atomic E-state index is 0.159. The molecule has 6 heteroatoms. The molecule has 0 saturated heterocycles. The smallest absolute Gasteiger partial charge is 0.251 e. The summed E-state index contributed by atoms with van der Waals surface area (Å²) in [6, 6.07) is 5.37. The maximum Gasteiger partial charge on any atom is 0.251 e. The number of methoxy groups -OCH3 is 1. The van der Waals surface area contributed by atoms with Crippen molar-refractivity contribution in [3.8, 4) is 0 Å². The van der Waals surface area contributed by atoms with Crippen LogP contribution in [-0.4, -0.2) is 46.9 Å². The van der Waals surface area contributed by atoms with Gasteiger partial charge < -0.3 is 19.7 Å². The summed E-state index contributed by atoms with van der Waals surface area (Å²) in [5.41, 5.74) is 2.30. The third-order valence-corrected chi connectivity index (χ3v) is 3.22. The van der Waals surface area contributed by atoms with E-state index in [1.165, 1.54) is 7.11 Å². The Kier molecular flexibility index (Phi) is 4.36. The summed E-state index contributed by atoms with van der Waals surface area (Å²) in [4.78, 5) is 16.4. The van der Waals surface area contributed by atoms with Crippen molar-refractivity contribution in [1.82, 2.24) is 14.9 Å². The number of nitrogens with one attached hydrogen (secondary N) is 1. The number of imidazole rings is 1. The van der Waals surface area contributed by atoms with Gasteiger partial charge in [-0.15, -0.1) is 0 Å². The van der Waals surface area contributed by atoms with Crippen LogP contribution >= 0.6 is 0 Å². The van der Waals surface area contributed by atoms with E-state index >= 15 is 0 Å². The van der Waals surface area contributed by atoms with Crippen molar-refractivity contribution >= 4 is 16.9 Å². The Bertz CT molecular complexity index is 621. The Morgan fingerprint density at radius 3 is 3.00 bits per heavy atom. The number of aryl methyl sites for hydroxylation is 2. The van der Waals surface area contributed by atoms with Crippen molar-refractivity contribution in [3.05, 3.63) is 29.6 Å². The van der Waals surface area contributed by atoms with E-state index in [0.717, 1.165) is 16.9 Å². The number of carbonyl (C=O) groups excluding carboxylic acids is 1. The summed E-state index contributed by atoms with van der Waals surface area (Å²) < 4.78 is 6.77. The molecule has 20 heavy (non-hydrogen) atoms. The van der Waals surface area contributed by atoms with Gasteiger partial charge in [0.05, 0.1) is 23.7 Å². The maximum absolute atomic E-state index is 12.0. The van der Waals surface area contributed by atoms with E-state index in [9.17, 15) is 9.90 Å². The number of aromatic nitrogens is 2. The molecule has 2 aromatic rings. The second-order valence-electron chi connectivity index (χ2n) is 4.74. The van der Waals surface area contributed by atoms with E-state index in [1.807, 2.05) is 24.6 Å². The standard InChI is InChI=1S/C14H19N3O3/c1-9-16-12-6-10(4-5-13(12)17(9)2)14(19)15-7-11(18)8-20-3/h4-6,11,18H,7-8H2,1-3H3,(H,15,19). The molecule has 0 radical (unpaired) electrons. The monoisotopic (exact) mass is 277 g/mol. The zero-order chi connectivity index (χ0) is 14.7. The van der Waals surface area contributed by atoms with Crippen molar-refractivity contribution in [2.24, 2.45) is 7.05 Å². The van der Waals surface area contributed by atoms with Crippen LogP contribution in [0.2, 0.25) is 0 Å². The number of rotatable bonds is 5. The van der Waals surface area contributed by atoms with Crippen LogP contribution in [0.3, 0.4) is 0 Å². The molecule has 6 nitrogen and oxygen atoms in total. The van der Waals surface area contributed by atoms with E-state index in [2.05, 4.69) is 10.3 Å². The minimum Gasteiger partial charge on any atom is -0.389 e. The first-order valence-electron chi connectivity index (χ1n) is 6.41. The first-order chi connectivity index (χ1) is 9.52. The zero-order valence-corrected chi connectivity index (χ0v) is 11.9. The average molecular weight is 277 g/mol. The van der Waals surface area contributed by atoms with Crippen molar-refractivity contribution in [3.63, 3.8) is 0 Å². The highest BCUT2D eigenvalue weighted by molar-refractivity contribution is 5.97. The number of hydrogen-bond donors (Lipinski definition) is 2. The Morgan fingerprint density at radius 2 is 2.30 bits per heavy atom. The van der Waals surface area contributed by atoms with Crippen LogP contribution in [0.25, 0.3) is 11.0 Å². The van der Waals surface area contributed by atoms with E-state index in [0.29, 0.717) is 5.56 Å². The van der Waals surface area contributed by atoms with Crippen LogP contribution < -0.4 is 5.32 Å². The number of carbonyl (C=O) groups is 1. The summed E-state index contributed by atoms with van der Waals surface area (Å²) in [7, 11) is 3.44. The number of fused-ring (bicyclic) bond motifs is 1. The molecule has 0 fully saturated rings. The first-order valence-corrected chi connectivity index (χ1v) is 6.41. The highest BCUT2D eigenvalue weighted by Crippen LogP contribution is 2.16. The van der Waals surface area contributed by atoms with Crippen LogP contribution in [0.15, 0.2) is 18.2 Å². The highest BCUT2D eigenvalue weighted by Gasteiger charge is 2.11. The van der Waals surface area contributed by atoms with Crippen molar-refractivity contribution in [1.29, 1.82) is 0 Å². The predicted molar refractivity (Wildman–Crippen MR) is 75.7 cm³/mol. The quantitative estimate of drug-likeness (QED) is 0.840. The topological polar surface area (TPSA) is 76.4 Å². The molecule has 0 aliphatic carbocycles. The van der Waals surface area contributed by atoms with E-state index in [-0.39, 0.29) is 19.1 Å². The number of amides is 1. The molecule has 1 unspecified atom stereocenters. The second-order valence-corrected chi connectivity index (χ2v) is 4.74. The molecular formula is C14H19N3O3. The lowest BCUT2D eigenvalue weighted by Crippen LogP contribution is -2.34. The number of aliphatic hydroxyl groups excluding tert-OH is 1. The average Bonchev–Trinajstić information content (AvgIpc) is 2.71. The summed E-state index contributed by atoms with van der Waals surface area (Å²) in [5.74, 6) is 0.665. The Balaban J connectivity index is 2.10. The van der Waals surface area contributed by atoms with E-state index in [4.69, 9.17) is 4.74 Å². The summed E-state index contributed by atoms with van der Waals surface area (Å²) in [6.45, 7) is 2.27. The van der Waals surface area contributed by atoms with Crippen LogP contribution in [0.1, 0.15) is 16.2 Å². The van der Waals surface area contributed by atoms with Gasteiger partial charge >= 0.3 is 0 Å². The normalized spacial score (nSPS) is 12.6. The van der Waals surface area contributed by atoms with Gasteiger partial charge in [0.15, 0.2) is 0 Å². The molecule has 2 N–H and O–H groups in total. The molecule has 1 heterocycles. The minimum atomic E-state index is -0.704. The van der Waals surface area contributed by atoms with Gasteiger partial charge in [0.25, 0.3) is 5.91 Å². The second kappa shape index (κ2) is 6.02. The fourth-order valence-corrected chi connectivity index (χ4v) is 2.03. The molecule has 0 bridgehead atoms. The number of benzene rings is 1. The fraction of sp³-hybridized carbons (Fsp3) is 0.429. The molecule has 1 atom stereocenters. The molecule has 0 aliphatic heterocycles. The molecule has 0 spiro atoms. The van der Waals surface area contributed by atoms with Crippen LogP contribution in [0, 0.1) is 6.92 Å². The summed E-state index contributed by atoms with van der Waals surface area (Å²) in [6.07, 6.45) is -0.704. The van der Waals surface area contributed by atoms with Gasteiger partial charge in [0.1, 0.15) is 5.82 Å². The SMILES string of the molecule is COCC(O)CNC(=O)c1ccc2c(c1)nc(C)n2C. The molecule has 0 aliphatic rings. The summed E-state index contributed by atoms with van der Waals surface area (Å²) >= 11 is 0. The molecule has 108 valence electrons. The lowest BCUT2D eigenvalue weighted by molar-refractivity contribution is 0.0610. The van der Waals surface area contributed by atoms with E-state index < -0.39 is 6.10 Å². The lowest BCUT2D eigenvalue weighted by Gasteiger charge is -2.10. The summed E-state index contributed by atoms with van der Waals surface area (Å²) in [5, 5.41) is 12.2. The van der Waals surface area contributed by atoms with Crippen molar-refractivity contribution < 1.29 is 14.6 Å². The Hall–Kier alpha value is -1.92. The first kappa shape index (κ1) is 14.5. The molecular weight excluding hydrogens is 258 g/mol. The molecule has 1 aromatic carbocycles. The van der Waals surface area contributed by atoms with Gasteiger partial charge in [-0.05, 0) is 25.1 Å². The van der Waals surface area contributed by atoms with Crippen LogP contribution in [-0.2, 0) is 11.8 Å². The van der Waals surface area contributed by atoms with Gasteiger partial charge in [-0.25, -0.2) is 4.98 Å². The zero-order valence-electron chi connectivity index (χ0n) is 11.9. The van der Waals surface area contributed by atoms with Gasteiger partial charge in [-0.2, -0.15) is 0 Å². The maximum atomic E-state index is 12.0. The number of ether oxygens (including phenoxy) is 1. The molecule has 0 saturated carbocycles. The van der Waals surface area contributed by atoms with Gasteiger partial charge in [-0.3, -0.25) is 4.79 Å². The van der Waals surface area contributed by atoms with Crippen molar-refractivity contribution in [2.45, 2.75) is 13.0 Å². The van der Waals surface area contributed by atoms with Gasteiger partial charge in [-0.1, -0.05) is 0 Å². The number of nitrogens with zero attached hydrogens (tertiary/aromatic N) is 2. The molecule has 1 amide bonds. The molecule has 1 aromatic heterocycles. The third kappa shape index (κ3) is 2.97. The predicted octanol–water partition coefficient (Wildman–Crippen LogP) is 0.619.